The minimum Gasteiger partial charge on any atom is -0.338 e. The van der Waals surface area contributed by atoms with Crippen molar-refractivity contribution in [3.8, 4) is 5.69 Å². The van der Waals surface area contributed by atoms with Gasteiger partial charge in [0.1, 0.15) is 18.5 Å². The van der Waals surface area contributed by atoms with Crippen LogP contribution in [0.25, 0.3) is 5.69 Å². The van der Waals surface area contributed by atoms with E-state index in [-0.39, 0.29) is 11.3 Å². The minimum absolute atomic E-state index is 0.0425. The molecule has 7 heteroatoms. The third-order valence-electron chi connectivity index (χ3n) is 6.02. The van der Waals surface area contributed by atoms with Crippen LogP contribution >= 0.6 is 0 Å². The normalized spacial score (nSPS) is 21.1. The number of fused-ring (bicyclic) bond motifs is 2. The molecular weight excluding hydrogens is 352 g/mol. The maximum atomic E-state index is 13.5. The average Bonchev–Trinajstić information content (AvgIpc) is 3.37. The molecule has 1 spiro atoms. The van der Waals surface area contributed by atoms with Crippen molar-refractivity contribution in [2.24, 2.45) is 0 Å². The summed E-state index contributed by atoms with van der Waals surface area (Å²) in [6.07, 6.45) is 9.16. The van der Waals surface area contributed by atoms with Gasteiger partial charge in [-0.2, -0.15) is 5.10 Å². The Morgan fingerprint density at radius 2 is 2.11 bits per heavy atom. The number of likely N-dealkylation sites (tertiary alicyclic amines) is 1. The number of hydrogen-bond donors (Lipinski definition) is 0. The summed E-state index contributed by atoms with van der Waals surface area (Å²) in [5, 5.41) is 4.20. The molecule has 0 bridgehead atoms. The standard InChI is InChI=1S/C21H22N6O/c1-15-23-11-16-7-9-21(19(16)25-15)8-4-10-26(12-21)20(28)17-5-2-3-6-18(17)27-14-22-13-24-27/h2-3,5-6,11,13-14H,4,7-10,12H2,1H3. The fraction of sp³-hybridized carbons (Fsp3) is 0.381. The van der Waals surface area contributed by atoms with Gasteiger partial charge < -0.3 is 4.90 Å². The predicted molar refractivity (Wildman–Crippen MR) is 103 cm³/mol. The molecule has 28 heavy (non-hydrogen) atoms. The Morgan fingerprint density at radius 3 is 2.96 bits per heavy atom. The Hall–Kier alpha value is -3.09. The lowest BCUT2D eigenvalue weighted by Crippen LogP contribution is -2.48. The summed E-state index contributed by atoms with van der Waals surface area (Å²) in [6.45, 7) is 3.42. The van der Waals surface area contributed by atoms with E-state index in [1.54, 1.807) is 11.0 Å². The van der Waals surface area contributed by atoms with E-state index < -0.39 is 0 Å². The fourth-order valence-electron chi connectivity index (χ4n) is 4.69. The largest absolute Gasteiger partial charge is 0.338 e. The zero-order valence-corrected chi connectivity index (χ0v) is 15.9. The number of aromatic nitrogens is 5. The highest BCUT2D eigenvalue weighted by molar-refractivity contribution is 5.97. The number of aryl methyl sites for hydroxylation is 2. The highest BCUT2D eigenvalue weighted by atomic mass is 16.2. The summed E-state index contributed by atoms with van der Waals surface area (Å²) in [6, 6.07) is 7.59. The lowest BCUT2D eigenvalue weighted by atomic mass is 9.77. The zero-order valence-electron chi connectivity index (χ0n) is 15.9. The maximum Gasteiger partial charge on any atom is 0.256 e. The monoisotopic (exact) mass is 374 g/mol. The van der Waals surface area contributed by atoms with E-state index in [1.807, 2.05) is 42.3 Å². The van der Waals surface area contributed by atoms with Gasteiger partial charge in [-0.05, 0) is 50.3 Å². The number of nitrogens with zero attached hydrogens (tertiary/aromatic N) is 6. The minimum atomic E-state index is -0.0425. The lowest BCUT2D eigenvalue weighted by Gasteiger charge is -2.40. The van der Waals surface area contributed by atoms with Crippen LogP contribution in [0.2, 0.25) is 0 Å². The first-order valence-corrected chi connectivity index (χ1v) is 9.73. The second kappa shape index (κ2) is 6.51. The van der Waals surface area contributed by atoms with E-state index in [0.29, 0.717) is 12.1 Å². The van der Waals surface area contributed by atoms with Gasteiger partial charge in [-0.25, -0.2) is 19.6 Å². The van der Waals surface area contributed by atoms with Gasteiger partial charge in [-0.3, -0.25) is 4.79 Å². The number of carbonyl (C=O) groups is 1. The van der Waals surface area contributed by atoms with Crippen molar-refractivity contribution in [3.05, 3.63) is 65.8 Å². The smallest absolute Gasteiger partial charge is 0.256 e. The lowest BCUT2D eigenvalue weighted by molar-refractivity contribution is 0.0633. The number of para-hydroxylation sites is 1. The van der Waals surface area contributed by atoms with Crippen LogP contribution in [0.15, 0.2) is 43.1 Å². The molecule has 1 aliphatic heterocycles. The van der Waals surface area contributed by atoms with Gasteiger partial charge in [0, 0.05) is 24.7 Å². The summed E-state index contributed by atoms with van der Waals surface area (Å²) in [7, 11) is 0. The third-order valence-corrected chi connectivity index (χ3v) is 6.02. The van der Waals surface area contributed by atoms with Gasteiger partial charge in [0.25, 0.3) is 5.91 Å². The number of hydrogen-bond acceptors (Lipinski definition) is 5. The van der Waals surface area contributed by atoms with E-state index in [1.165, 1.54) is 11.9 Å². The van der Waals surface area contributed by atoms with Crippen LogP contribution in [0, 0.1) is 6.92 Å². The van der Waals surface area contributed by atoms with E-state index in [0.717, 1.165) is 49.4 Å². The third kappa shape index (κ3) is 2.69. The molecule has 142 valence electrons. The SMILES string of the molecule is Cc1ncc2c(n1)C1(CCCN(C(=O)c3ccccc3-n3cncn3)C1)CC2. The summed E-state index contributed by atoms with van der Waals surface area (Å²) < 4.78 is 1.65. The number of rotatable bonds is 2. The van der Waals surface area contributed by atoms with Gasteiger partial charge in [-0.15, -0.1) is 0 Å². The summed E-state index contributed by atoms with van der Waals surface area (Å²) in [5.41, 5.74) is 3.76. The molecule has 0 N–H and O–H groups in total. The predicted octanol–water partition coefficient (Wildman–Crippen LogP) is 2.49. The van der Waals surface area contributed by atoms with Crippen molar-refractivity contribution in [1.29, 1.82) is 0 Å². The van der Waals surface area contributed by atoms with Crippen LogP contribution < -0.4 is 0 Å². The number of carbonyl (C=O) groups excluding carboxylic acids is 1. The summed E-state index contributed by atoms with van der Waals surface area (Å²) >= 11 is 0. The first-order chi connectivity index (χ1) is 13.7. The zero-order chi connectivity index (χ0) is 19.1. The van der Waals surface area contributed by atoms with Crippen molar-refractivity contribution in [1.82, 2.24) is 29.6 Å². The first-order valence-electron chi connectivity index (χ1n) is 9.73. The summed E-state index contributed by atoms with van der Waals surface area (Å²) in [5.74, 6) is 0.851. The van der Waals surface area contributed by atoms with Crippen LogP contribution in [0.3, 0.4) is 0 Å². The Labute approximate surface area is 163 Å². The Balaban J connectivity index is 1.48. The van der Waals surface area contributed by atoms with E-state index in [4.69, 9.17) is 4.98 Å². The van der Waals surface area contributed by atoms with Gasteiger partial charge in [0.15, 0.2) is 0 Å². The van der Waals surface area contributed by atoms with Crippen molar-refractivity contribution < 1.29 is 4.79 Å². The second-order valence-corrected chi connectivity index (χ2v) is 7.76. The molecule has 1 atom stereocenters. The fourth-order valence-corrected chi connectivity index (χ4v) is 4.69. The number of piperidine rings is 1. The number of benzene rings is 1. The van der Waals surface area contributed by atoms with E-state index >= 15 is 0 Å². The molecule has 1 saturated heterocycles. The van der Waals surface area contributed by atoms with Crippen LogP contribution in [-0.2, 0) is 11.8 Å². The van der Waals surface area contributed by atoms with Crippen LogP contribution in [0.4, 0.5) is 0 Å². The molecule has 0 radical (unpaired) electrons. The van der Waals surface area contributed by atoms with Crippen molar-refractivity contribution in [2.45, 2.75) is 38.0 Å². The molecule has 1 amide bonds. The first kappa shape index (κ1) is 17.0. The van der Waals surface area contributed by atoms with Gasteiger partial charge >= 0.3 is 0 Å². The highest BCUT2D eigenvalue weighted by Gasteiger charge is 2.44. The molecule has 1 unspecified atom stereocenters. The molecule has 2 aromatic heterocycles. The molecule has 1 fully saturated rings. The van der Waals surface area contributed by atoms with Crippen molar-refractivity contribution in [2.75, 3.05) is 13.1 Å². The molecule has 7 nitrogen and oxygen atoms in total. The van der Waals surface area contributed by atoms with E-state index in [2.05, 4.69) is 15.1 Å². The number of amides is 1. The van der Waals surface area contributed by atoms with Gasteiger partial charge in [0.05, 0.1) is 16.9 Å². The molecule has 2 aliphatic rings. The van der Waals surface area contributed by atoms with Crippen molar-refractivity contribution >= 4 is 5.91 Å². The van der Waals surface area contributed by atoms with Gasteiger partial charge in [0.2, 0.25) is 0 Å². The van der Waals surface area contributed by atoms with Crippen molar-refractivity contribution in [3.63, 3.8) is 0 Å². The van der Waals surface area contributed by atoms with Crippen LogP contribution in [0.1, 0.15) is 46.7 Å². The molecule has 0 saturated carbocycles. The molecule has 1 aliphatic carbocycles. The van der Waals surface area contributed by atoms with Crippen LogP contribution in [0.5, 0.6) is 0 Å². The second-order valence-electron chi connectivity index (χ2n) is 7.76. The Kier molecular flexibility index (Phi) is 3.96. The quantitative estimate of drug-likeness (QED) is 0.689. The van der Waals surface area contributed by atoms with Gasteiger partial charge in [-0.1, -0.05) is 12.1 Å². The molecule has 5 rings (SSSR count). The van der Waals surface area contributed by atoms with E-state index in [9.17, 15) is 4.79 Å². The van der Waals surface area contributed by atoms with Crippen LogP contribution in [-0.4, -0.2) is 48.6 Å². The molecular formula is C21H22N6O. The Morgan fingerprint density at radius 1 is 1.21 bits per heavy atom. The molecule has 1 aromatic carbocycles. The molecule has 3 heterocycles. The maximum absolute atomic E-state index is 13.5. The summed E-state index contributed by atoms with van der Waals surface area (Å²) in [4.78, 5) is 28.6. The Bertz CT molecular complexity index is 1030. The highest BCUT2D eigenvalue weighted by Crippen LogP contribution is 2.44. The average molecular weight is 374 g/mol. The topological polar surface area (TPSA) is 76.8 Å². The molecule has 3 aromatic rings.